The third-order valence-corrected chi connectivity index (χ3v) is 7.01. The van der Waals surface area contributed by atoms with Crippen molar-refractivity contribution < 1.29 is 22.7 Å². The van der Waals surface area contributed by atoms with Crippen molar-refractivity contribution in [3.05, 3.63) is 41.4 Å². The van der Waals surface area contributed by atoms with Gasteiger partial charge in [0.15, 0.2) is 22.1 Å². The summed E-state index contributed by atoms with van der Waals surface area (Å²) in [7, 11) is -3.09. The smallest absolute Gasteiger partial charge is 0.358 e. The number of esters is 1. The number of carbonyl (C=O) groups excluding carboxylic acids is 2. The molecule has 2 heterocycles. The second kappa shape index (κ2) is 8.18. The Kier molecular flexibility index (Phi) is 5.91. The minimum absolute atomic E-state index is 0.0347. The summed E-state index contributed by atoms with van der Waals surface area (Å²) in [5.74, 6) is -1.02. The molecule has 1 amide bonds. The first-order valence-corrected chi connectivity index (χ1v) is 11.3. The Bertz CT molecular complexity index is 924. The van der Waals surface area contributed by atoms with Crippen molar-refractivity contribution in [1.82, 2.24) is 9.88 Å². The predicted molar refractivity (Wildman–Crippen MR) is 102 cm³/mol. The van der Waals surface area contributed by atoms with Crippen molar-refractivity contribution in [3.8, 4) is 10.6 Å². The van der Waals surface area contributed by atoms with Gasteiger partial charge in [-0.1, -0.05) is 30.3 Å². The van der Waals surface area contributed by atoms with Crippen molar-refractivity contribution in [2.24, 2.45) is 0 Å². The van der Waals surface area contributed by atoms with Crippen LogP contribution in [0.15, 0.2) is 35.7 Å². The first-order chi connectivity index (χ1) is 12.9. The van der Waals surface area contributed by atoms with Gasteiger partial charge >= 0.3 is 5.97 Å². The SMILES string of the molecule is CCN(C(=O)COC(=O)c1csc(-c2ccccc2)n1)[C@H]1CCS(=O)(=O)C1. The standard InChI is InChI=1S/C18H20N2O5S2/c1-2-20(14-8-9-27(23,24)12-14)16(21)10-25-18(22)15-11-26-17(19-15)13-6-4-3-5-7-13/h3-7,11,14H,2,8-10,12H2,1H3/t14-/m0/s1. The van der Waals surface area contributed by atoms with Gasteiger partial charge in [-0.2, -0.15) is 0 Å². The molecule has 0 N–H and O–H groups in total. The van der Waals surface area contributed by atoms with E-state index in [-0.39, 0.29) is 23.2 Å². The van der Waals surface area contributed by atoms with E-state index in [9.17, 15) is 18.0 Å². The van der Waals surface area contributed by atoms with Crippen LogP contribution in [0.25, 0.3) is 10.6 Å². The molecule has 9 heteroatoms. The molecule has 1 aliphatic rings. The summed E-state index contributed by atoms with van der Waals surface area (Å²) in [5, 5.41) is 2.29. The Balaban J connectivity index is 1.58. The van der Waals surface area contributed by atoms with Crippen LogP contribution in [0, 0.1) is 0 Å². The van der Waals surface area contributed by atoms with Gasteiger partial charge in [0.2, 0.25) is 0 Å². The van der Waals surface area contributed by atoms with E-state index in [0.29, 0.717) is 18.0 Å². The van der Waals surface area contributed by atoms with Crippen LogP contribution in [0.4, 0.5) is 0 Å². The highest BCUT2D eigenvalue weighted by Gasteiger charge is 2.34. The van der Waals surface area contributed by atoms with Crippen molar-refractivity contribution in [2.45, 2.75) is 19.4 Å². The second-order valence-corrected chi connectivity index (χ2v) is 9.30. The zero-order valence-electron chi connectivity index (χ0n) is 14.8. The van der Waals surface area contributed by atoms with Crippen LogP contribution in [-0.2, 0) is 19.4 Å². The van der Waals surface area contributed by atoms with Crippen LogP contribution in [0.1, 0.15) is 23.8 Å². The van der Waals surface area contributed by atoms with Gasteiger partial charge in [0, 0.05) is 23.5 Å². The van der Waals surface area contributed by atoms with Crippen molar-refractivity contribution in [2.75, 3.05) is 24.7 Å². The molecule has 1 atom stereocenters. The largest absolute Gasteiger partial charge is 0.451 e. The molecule has 0 unspecified atom stereocenters. The number of amides is 1. The lowest BCUT2D eigenvalue weighted by Gasteiger charge is -2.26. The molecule has 1 saturated heterocycles. The van der Waals surface area contributed by atoms with Gasteiger partial charge in [0.1, 0.15) is 5.01 Å². The number of sulfone groups is 1. The van der Waals surface area contributed by atoms with Crippen LogP contribution in [-0.4, -0.2) is 60.9 Å². The third-order valence-electron chi connectivity index (χ3n) is 4.37. The number of hydrogen-bond donors (Lipinski definition) is 0. The van der Waals surface area contributed by atoms with E-state index in [1.807, 2.05) is 30.3 Å². The Morgan fingerprint density at radius 1 is 1.30 bits per heavy atom. The lowest BCUT2D eigenvalue weighted by Crippen LogP contribution is -2.43. The Morgan fingerprint density at radius 2 is 2.04 bits per heavy atom. The maximum Gasteiger partial charge on any atom is 0.358 e. The number of likely N-dealkylation sites (N-methyl/N-ethyl adjacent to an activating group) is 1. The second-order valence-electron chi connectivity index (χ2n) is 6.22. The lowest BCUT2D eigenvalue weighted by atomic mass is 10.2. The van der Waals surface area contributed by atoms with Crippen LogP contribution < -0.4 is 0 Å². The summed E-state index contributed by atoms with van der Waals surface area (Å²) < 4.78 is 28.3. The summed E-state index contributed by atoms with van der Waals surface area (Å²) >= 11 is 1.32. The zero-order valence-corrected chi connectivity index (χ0v) is 16.5. The molecule has 0 bridgehead atoms. The molecule has 7 nitrogen and oxygen atoms in total. The lowest BCUT2D eigenvalue weighted by molar-refractivity contribution is -0.136. The average molecular weight is 409 g/mol. The number of ether oxygens (including phenoxy) is 1. The zero-order chi connectivity index (χ0) is 19.4. The molecule has 27 heavy (non-hydrogen) atoms. The fourth-order valence-corrected chi connectivity index (χ4v) is 5.55. The minimum atomic E-state index is -3.09. The van der Waals surface area contributed by atoms with Crippen LogP contribution in [0.5, 0.6) is 0 Å². The van der Waals surface area contributed by atoms with Crippen molar-refractivity contribution in [1.29, 1.82) is 0 Å². The van der Waals surface area contributed by atoms with Crippen LogP contribution >= 0.6 is 11.3 Å². The Labute approximate surface area is 161 Å². The molecule has 0 saturated carbocycles. The third kappa shape index (κ3) is 4.72. The summed E-state index contributed by atoms with van der Waals surface area (Å²) in [4.78, 5) is 30.3. The van der Waals surface area contributed by atoms with E-state index < -0.39 is 28.3 Å². The molecule has 2 aromatic rings. The number of hydrogen-bond acceptors (Lipinski definition) is 7. The van der Waals surface area contributed by atoms with Crippen LogP contribution in [0.2, 0.25) is 0 Å². The number of rotatable bonds is 6. The molecule has 1 aromatic heterocycles. The highest BCUT2D eigenvalue weighted by molar-refractivity contribution is 7.91. The van der Waals surface area contributed by atoms with E-state index in [1.54, 1.807) is 12.3 Å². The van der Waals surface area contributed by atoms with E-state index in [1.165, 1.54) is 16.2 Å². The number of benzene rings is 1. The minimum Gasteiger partial charge on any atom is -0.451 e. The van der Waals surface area contributed by atoms with Gasteiger partial charge in [-0.05, 0) is 13.3 Å². The van der Waals surface area contributed by atoms with Gasteiger partial charge in [-0.3, -0.25) is 4.79 Å². The Morgan fingerprint density at radius 3 is 2.67 bits per heavy atom. The molecule has 1 fully saturated rings. The summed E-state index contributed by atoms with van der Waals surface area (Å²) in [5.41, 5.74) is 1.05. The molecule has 3 rings (SSSR count). The molecule has 1 aliphatic heterocycles. The fraction of sp³-hybridized carbons (Fsp3) is 0.389. The number of carbonyl (C=O) groups is 2. The van der Waals surface area contributed by atoms with Crippen molar-refractivity contribution >= 4 is 33.1 Å². The maximum atomic E-state index is 12.4. The van der Waals surface area contributed by atoms with Gasteiger partial charge in [-0.25, -0.2) is 18.2 Å². The van der Waals surface area contributed by atoms with E-state index >= 15 is 0 Å². The van der Waals surface area contributed by atoms with Gasteiger partial charge in [0.25, 0.3) is 5.91 Å². The number of aromatic nitrogens is 1. The van der Waals surface area contributed by atoms with Gasteiger partial charge in [0.05, 0.1) is 11.5 Å². The summed E-state index contributed by atoms with van der Waals surface area (Å²) in [6.45, 7) is 1.71. The normalized spacial score (nSPS) is 18.2. The molecule has 1 aromatic carbocycles. The molecule has 0 spiro atoms. The Hall–Kier alpha value is -2.26. The fourth-order valence-electron chi connectivity index (χ4n) is 3.02. The van der Waals surface area contributed by atoms with E-state index in [0.717, 1.165) is 5.56 Å². The highest BCUT2D eigenvalue weighted by atomic mass is 32.2. The number of nitrogens with zero attached hydrogens (tertiary/aromatic N) is 2. The topological polar surface area (TPSA) is 93.6 Å². The molecular formula is C18H20N2O5S2. The first kappa shape index (κ1) is 19.5. The monoisotopic (exact) mass is 408 g/mol. The van der Waals surface area contributed by atoms with Gasteiger partial charge < -0.3 is 9.64 Å². The summed E-state index contributed by atoms with van der Waals surface area (Å²) in [6.07, 6.45) is 0.419. The molecule has 144 valence electrons. The van der Waals surface area contributed by atoms with Gasteiger partial charge in [-0.15, -0.1) is 11.3 Å². The highest BCUT2D eigenvalue weighted by Crippen LogP contribution is 2.23. The van der Waals surface area contributed by atoms with Crippen LogP contribution in [0.3, 0.4) is 0 Å². The quantitative estimate of drug-likeness (QED) is 0.679. The predicted octanol–water partition coefficient (Wildman–Crippen LogP) is 2.00. The molecular weight excluding hydrogens is 388 g/mol. The molecule has 0 aliphatic carbocycles. The first-order valence-electron chi connectivity index (χ1n) is 8.57. The average Bonchev–Trinajstić information content (AvgIpc) is 3.28. The van der Waals surface area contributed by atoms with Crippen molar-refractivity contribution in [3.63, 3.8) is 0 Å². The number of thiazole rings is 1. The van der Waals surface area contributed by atoms with E-state index in [2.05, 4.69) is 4.98 Å². The maximum absolute atomic E-state index is 12.4. The molecule has 0 radical (unpaired) electrons. The summed E-state index contributed by atoms with van der Waals surface area (Å²) in [6, 6.07) is 9.10. The van der Waals surface area contributed by atoms with E-state index in [4.69, 9.17) is 4.74 Å².